The Hall–Kier alpha value is -0.510. The van der Waals surface area contributed by atoms with E-state index in [9.17, 15) is 18.4 Å². The molecule has 5 heteroatoms. The number of hydrogen-bond donors (Lipinski definition) is 0. The molecule has 1 aliphatic carbocycles. The van der Waals surface area contributed by atoms with Gasteiger partial charge < -0.3 is 0 Å². The van der Waals surface area contributed by atoms with Crippen molar-refractivity contribution in [1.29, 1.82) is 0 Å². The van der Waals surface area contributed by atoms with Crippen LogP contribution in [0.3, 0.4) is 0 Å². The minimum Gasteiger partial charge on any atom is -0.297 e. The van der Waals surface area contributed by atoms with Crippen molar-refractivity contribution < 1.29 is 18.4 Å². The first-order valence-corrected chi connectivity index (χ1v) is 4.27. The molecule has 1 rings (SSSR count). The first kappa shape index (κ1) is 10.6. The van der Waals surface area contributed by atoms with Gasteiger partial charge in [0.1, 0.15) is 4.87 Å². The molecule has 1 saturated carbocycles. The monoisotopic (exact) mass is 210 g/mol. The van der Waals surface area contributed by atoms with Crippen LogP contribution < -0.4 is 0 Å². The highest BCUT2D eigenvalue weighted by atomic mass is 35.5. The highest BCUT2D eigenvalue weighted by Crippen LogP contribution is 2.44. The van der Waals surface area contributed by atoms with Gasteiger partial charge in [0.05, 0.1) is 6.42 Å². The van der Waals surface area contributed by atoms with Gasteiger partial charge in [-0.15, -0.1) is 11.6 Å². The maximum absolute atomic E-state index is 12.3. The molecule has 0 amide bonds. The van der Waals surface area contributed by atoms with E-state index in [-0.39, 0.29) is 0 Å². The molecule has 74 valence electrons. The molecular formula is C8H9ClF2O2. The molecule has 1 aliphatic rings. The predicted molar refractivity (Wildman–Crippen MR) is 43.1 cm³/mol. The summed E-state index contributed by atoms with van der Waals surface area (Å²) < 4.78 is 24.7. The quantitative estimate of drug-likeness (QED) is 0.525. The summed E-state index contributed by atoms with van der Waals surface area (Å²) in [5.74, 6) is -5.37. The predicted octanol–water partition coefficient (Wildman–Crippen LogP) is 1.94. The van der Waals surface area contributed by atoms with Gasteiger partial charge in [-0.1, -0.05) is 0 Å². The molecule has 0 spiro atoms. The van der Waals surface area contributed by atoms with E-state index in [1.165, 1.54) is 0 Å². The second-order valence-electron chi connectivity index (χ2n) is 3.38. The summed E-state index contributed by atoms with van der Waals surface area (Å²) in [4.78, 5) is 20.8. The normalized spacial score (nSPS) is 19.7. The molecule has 0 aliphatic heterocycles. The first-order chi connectivity index (χ1) is 5.76. The van der Waals surface area contributed by atoms with Crippen molar-refractivity contribution in [2.24, 2.45) is 0 Å². The van der Waals surface area contributed by atoms with Gasteiger partial charge in [-0.25, -0.2) is 0 Å². The van der Waals surface area contributed by atoms with Crippen LogP contribution in [0.15, 0.2) is 0 Å². The highest BCUT2D eigenvalue weighted by Gasteiger charge is 2.49. The maximum Gasteiger partial charge on any atom is 0.302 e. The fraction of sp³-hybridized carbons (Fsp3) is 0.750. The zero-order valence-corrected chi connectivity index (χ0v) is 7.83. The minimum atomic E-state index is -3.43. The Morgan fingerprint density at radius 3 is 2.23 bits per heavy atom. The Kier molecular flexibility index (Phi) is 2.45. The van der Waals surface area contributed by atoms with Gasteiger partial charge in [0.15, 0.2) is 5.78 Å². The molecule has 0 aromatic carbocycles. The molecule has 0 radical (unpaired) electrons. The SMILES string of the molecule is CC(F)(F)C(=O)CC(=O)C1(Cl)CC1. The lowest BCUT2D eigenvalue weighted by molar-refractivity contribution is -0.143. The van der Waals surface area contributed by atoms with E-state index in [1.807, 2.05) is 0 Å². The third kappa shape index (κ3) is 2.46. The van der Waals surface area contributed by atoms with E-state index in [0.717, 1.165) is 0 Å². The van der Waals surface area contributed by atoms with Gasteiger partial charge in [-0.05, 0) is 12.8 Å². The number of Topliss-reactive ketones (excluding diaryl/α,β-unsaturated/α-hetero) is 2. The number of halogens is 3. The van der Waals surface area contributed by atoms with E-state index in [0.29, 0.717) is 19.8 Å². The van der Waals surface area contributed by atoms with Gasteiger partial charge in [0, 0.05) is 6.92 Å². The molecule has 0 unspecified atom stereocenters. The minimum absolute atomic E-state index is 0.482. The topological polar surface area (TPSA) is 34.1 Å². The molecule has 13 heavy (non-hydrogen) atoms. The fourth-order valence-electron chi connectivity index (χ4n) is 0.848. The molecule has 0 heterocycles. The van der Waals surface area contributed by atoms with Gasteiger partial charge in [0.2, 0.25) is 5.78 Å². The number of alkyl halides is 3. The van der Waals surface area contributed by atoms with Gasteiger partial charge >= 0.3 is 5.92 Å². The van der Waals surface area contributed by atoms with Crippen molar-refractivity contribution >= 4 is 23.2 Å². The van der Waals surface area contributed by atoms with Crippen LogP contribution in [0.4, 0.5) is 8.78 Å². The molecular weight excluding hydrogens is 202 g/mol. The highest BCUT2D eigenvalue weighted by molar-refractivity contribution is 6.38. The molecule has 0 aromatic rings. The van der Waals surface area contributed by atoms with Gasteiger partial charge in [-0.2, -0.15) is 8.78 Å². The summed E-state index contributed by atoms with van der Waals surface area (Å²) in [5.41, 5.74) is 0. The summed E-state index contributed by atoms with van der Waals surface area (Å²) in [6.07, 6.45) is 0.207. The van der Waals surface area contributed by atoms with Crippen molar-refractivity contribution in [2.45, 2.75) is 37.0 Å². The lowest BCUT2D eigenvalue weighted by atomic mass is 10.1. The van der Waals surface area contributed by atoms with Crippen LogP contribution >= 0.6 is 11.6 Å². The summed E-state index contributed by atoms with van der Waals surface area (Å²) in [7, 11) is 0. The van der Waals surface area contributed by atoms with E-state index in [4.69, 9.17) is 11.6 Å². The van der Waals surface area contributed by atoms with Crippen molar-refractivity contribution in [3.8, 4) is 0 Å². The van der Waals surface area contributed by atoms with Crippen LogP contribution in [0.2, 0.25) is 0 Å². The van der Waals surface area contributed by atoms with Crippen molar-refractivity contribution in [3.05, 3.63) is 0 Å². The average Bonchev–Trinajstić information content (AvgIpc) is 2.67. The third-order valence-electron chi connectivity index (χ3n) is 2.00. The van der Waals surface area contributed by atoms with Gasteiger partial charge in [0.25, 0.3) is 0 Å². The fourth-order valence-corrected chi connectivity index (χ4v) is 1.01. The first-order valence-electron chi connectivity index (χ1n) is 3.89. The largest absolute Gasteiger partial charge is 0.302 e. The second-order valence-corrected chi connectivity index (χ2v) is 4.10. The number of carbonyl (C=O) groups excluding carboxylic acids is 2. The number of hydrogen-bond acceptors (Lipinski definition) is 2. The molecule has 1 fully saturated rings. The lowest BCUT2D eigenvalue weighted by Crippen LogP contribution is -2.30. The number of carbonyl (C=O) groups is 2. The molecule has 0 saturated heterocycles. The molecule has 0 atom stereocenters. The van der Waals surface area contributed by atoms with Gasteiger partial charge in [-0.3, -0.25) is 9.59 Å². The zero-order valence-electron chi connectivity index (χ0n) is 7.07. The summed E-state index contributed by atoms with van der Waals surface area (Å²) >= 11 is 5.64. The Morgan fingerprint density at radius 2 is 1.92 bits per heavy atom. The van der Waals surface area contributed by atoms with Crippen LogP contribution in [-0.4, -0.2) is 22.4 Å². The number of rotatable bonds is 4. The smallest absolute Gasteiger partial charge is 0.297 e. The maximum atomic E-state index is 12.3. The van der Waals surface area contributed by atoms with E-state index >= 15 is 0 Å². The Balaban J connectivity index is 2.50. The molecule has 2 nitrogen and oxygen atoms in total. The van der Waals surface area contributed by atoms with Crippen molar-refractivity contribution in [3.63, 3.8) is 0 Å². The number of ketones is 2. The summed E-state index contributed by atoms with van der Waals surface area (Å²) in [6, 6.07) is 0. The zero-order chi connectivity index (χ0) is 10.3. The molecule has 0 bridgehead atoms. The van der Waals surface area contributed by atoms with Crippen molar-refractivity contribution in [1.82, 2.24) is 0 Å². The third-order valence-corrected chi connectivity index (χ3v) is 2.59. The van der Waals surface area contributed by atoms with Crippen LogP contribution in [0.25, 0.3) is 0 Å². The van der Waals surface area contributed by atoms with Crippen LogP contribution in [-0.2, 0) is 9.59 Å². The standard InChI is InChI=1S/C8H9ClF2O2/c1-7(10,11)5(12)4-6(13)8(9)2-3-8/h2-4H2,1H3. The Morgan fingerprint density at radius 1 is 1.46 bits per heavy atom. The molecule has 0 N–H and O–H groups in total. The Bertz CT molecular complexity index is 238. The second kappa shape index (κ2) is 3.01. The summed E-state index contributed by atoms with van der Waals surface area (Å²) in [6.45, 7) is 0.483. The van der Waals surface area contributed by atoms with E-state index < -0.39 is 28.8 Å². The van der Waals surface area contributed by atoms with E-state index in [1.54, 1.807) is 0 Å². The summed E-state index contributed by atoms with van der Waals surface area (Å²) in [5, 5.41) is 0. The van der Waals surface area contributed by atoms with Crippen LogP contribution in [0.5, 0.6) is 0 Å². The van der Waals surface area contributed by atoms with E-state index in [2.05, 4.69) is 0 Å². The molecule has 0 aromatic heterocycles. The van der Waals surface area contributed by atoms with Crippen LogP contribution in [0.1, 0.15) is 26.2 Å². The lowest BCUT2D eigenvalue weighted by Gasteiger charge is -2.09. The van der Waals surface area contributed by atoms with Crippen LogP contribution in [0, 0.1) is 0 Å². The average molecular weight is 211 g/mol. The Labute approximate surface area is 79.2 Å². The van der Waals surface area contributed by atoms with Crippen molar-refractivity contribution in [2.75, 3.05) is 0 Å².